The predicted molar refractivity (Wildman–Crippen MR) is 62.6 cm³/mol. The minimum atomic E-state index is 0.214. The molecule has 0 atom stereocenters. The summed E-state index contributed by atoms with van der Waals surface area (Å²) in [6.07, 6.45) is 2.83. The van der Waals surface area contributed by atoms with Crippen LogP contribution in [0.1, 0.15) is 34.1 Å². The second kappa shape index (κ2) is 7.02. The normalized spacial score (nSPS) is 12.1. The van der Waals surface area contributed by atoms with Crippen LogP contribution >= 0.6 is 0 Å². The molecule has 0 aliphatic heterocycles. The number of rotatable bonds is 8. The van der Waals surface area contributed by atoms with Crippen molar-refractivity contribution in [3.8, 4) is 0 Å². The Morgan fingerprint density at radius 2 is 2.07 bits per heavy atom. The summed E-state index contributed by atoms with van der Waals surface area (Å²) in [7, 11) is 0. The lowest BCUT2D eigenvalue weighted by atomic mass is 9.94. The topological polar surface area (TPSA) is 21.3 Å². The van der Waals surface area contributed by atoms with E-state index < -0.39 is 0 Å². The van der Waals surface area contributed by atoms with Gasteiger partial charge < -0.3 is 10.1 Å². The molecule has 0 saturated carbocycles. The van der Waals surface area contributed by atoms with E-state index in [0.717, 1.165) is 26.2 Å². The summed E-state index contributed by atoms with van der Waals surface area (Å²) in [5.74, 6) is 0. The van der Waals surface area contributed by atoms with Crippen molar-refractivity contribution >= 4 is 0 Å². The van der Waals surface area contributed by atoms with Crippen LogP contribution in [-0.2, 0) is 4.74 Å². The molecule has 14 heavy (non-hydrogen) atoms. The van der Waals surface area contributed by atoms with Crippen molar-refractivity contribution in [2.24, 2.45) is 5.41 Å². The zero-order valence-electron chi connectivity index (χ0n) is 10.1. The monoisotopic (exact) mass is 199 g/mol. The van der Waals surface area contributed by atoms with E-state index in [1.165, 1.54) is 0 Å². The van der Waals surface area contributed by atoms with Crippen molar-refractivity contribution in [3.05, 3.63) is 12.7 Å². The summed E-state index contributed by atoms with van der Waals surface area (Å²) < 4.78 is 5.56. The molecule has 0 spiro atoms. The SMILES string of the molecule is C=CCCOCC(C)(C)CNC(C)C. The molecule has 0 aliphatic rings. The molecular formula is C12H25NO. The number of nitrogens with one attached hydrogen (secondary N) is 1. The van der Waals surface area contributed by atoms with Crippen molar-refractivity contribution in [2.75, 3.05) is 19.8 Å². The third-order valence-electron chi connectivity index (χ3n) is 1.95. The lowest BCUT2D eigenvalue weighted by Gasteiger charge is -2.26. The second-order valence-electron chi connectivity index (χ2n) is 4.83. The first-order valence-electron chi connectivity index (χ1n) is 5.40. The molecule has 0 rings (SSSR count). The van der Waals surface area contributed by atoms with Crippen LogP contribution in [0.4, 0.5) is 0 Å². The first-order chi connectivity index (χ1) is 6.48. The van der Waals surface area contributed by atoms with Gasteiger partial charge in [-0.15, -0.1) is 6.58 Å². The molecule has 2 heteroatoms. The largest absolute Gasteiger partial charge is 0.381 e. The Morgan fingerprint density at radius 1 is 1.43 bits per heavy atom. The van der Waals surface area contributed by atoms with Gasteiger partial charge in [-0.3, -0.25) is 0 Å². The summed E-state index contributed by atoms with van der Waals surface area (Å²) in [6, 6.07) is 0.544. The molecule has 0 heterocycles. The molecule has 0 aromatic heterocycles. The van der Waals surface area contributed by atoms with Crippen molar-refractivity contribution in [1.29, 1.82) is 0 Å². The van der Waals surface area contributed by atoms with Crippen molar-refractivity contribution in [3.63, 3.8) is 0 Å². The van der Waals surface area contributed by atoms with E-state index in [1.807, 2.05) is 6.08 Å². The fourth-order valence-electron chi connectivity index (χ4n) is 1.05. The van der Waals surface area contributed by atoms with Crippen LogP contribution < -0.4 is 5.32 Å². The van der Waals surface area contributed by atoms with E-state index in [-0.39, 0.29) is 5.41 Å². The third-order valence-corrected chi connectivity index (χ3v) is 1.95. The molecule has 84 valence electrons. The van der Waals surface area contributed by atoms with Crippen LogP contribution in [-0.4, -0.2) is 25.8 Å². The average Bonchev–Trinajstić information content (AvgIpc) is 2.10. The molecular weight excluding hydrogens is 174 g/mol. The smallest absolute Gasteiger partial charge is 0.0529 e. The Hall–Kier alpha value is -0.340. The third kappa shape index (κ3) is 8.27. The number of hydrogen-bond donors (Lipinski definition) is 1. The highest BCUT2D eigenvalue weighted by molar-refractivity contribution is 4.72. The highest BCUT2D eigenvalue weighted by Crippen LogP contribution is 2.14. The summed E-state index contributed by atoms with van der Waals surface area (Å²) in [5, 5.41) is 3.43. The Balaban J connectivity index is 3.55. The number of ether oxygens (including phenoxy) is 1. The van der Waals surface area contributed by atoms with Crippen molar-refractivity contribution in [1.82, 2.24) is 5.32 Å². The minimum absolute atomic E-state index is 0.214. The molecule has 0 fully saturated rings. The highest BCUT2D eigenvalue weighted by Gasteiger charge is 2.17. The van der Waals surface area contributed by atoms with Gasteiger partial charge in [0.25, 0.3) is 0 Å². The minimum Gasteiger partial charge on any atom is -0.381 e. The van der Waals surface area contributed by atoms with Crippen LogP contribution in [0, 0.1) is 5.41 Å². The average molecular weight is 199 g/mol. The summed E-state index contributed by atoms with van der Waals surface area (Å²) in [5.41, 5.74) is 0.214. The molecule has 0 aliphatic carbocycles. The highest BCUT2D eigenvalue weighted by atomic mass is 16.5. The quantitative estimate of drug-likeness (QED) is 0.479. The van der Waals surface area contributed by atoms with Gasteiger partial charge in [-0.1, -0.05) is 33.8 Å². The van der Waals surface area contributed by atoms with Gasteiger partial charge >= 0.3 is 0 Å². The maximum absolute atomic E-state index is 5.56. The summed E-state index contributed by atoms with van der Waals surface area (Å²) in [6.45, 7) is 15.0. The molecule has 2 nitrogen and oxygen atoms in total. The molecule has 0 unspecified atom stereocenters. The first-order valence-corrected chi connectivity index (χ1v) is 5.40. The fourth-order valence-corrected chi connectivity index (χ4v) is 1.05. The van der Waals surface area contributed by atoms with Gasteiger partial charge in [0.1, 0.15) is 0 Å². The van der Waals surface area contributed by atoms with E-state index in [2.05, 4.69) is 39.6 Å². The maximum Gasteiger partial charge on any atom is 0.0529 e. The Labute approximate surface area is 88.7 Å². The van der Waals surface area contributed by atoms with E-state index in [0.29, 0.717) is 6.04 Å². The Morgan fingerprint density at radius 3 is 2.57 bits per heavy atom. The first kappa shape index (κ1) is 13.7. The van der Waals surface area contributed by atoms with Gasteiger partial charge in [0.2, 0.25) is 0 Å². The molecule has 0 radical (unpaired) electrons. The van der Waals surface area contributed by atoms with Gasteiger partial charge in [-0.2, -0.15) is 0 Å². The standard InChI is InChI=1S/C12H25NO/c1-6-7-8-14-10-12(4,5)9-13-11(2)3/h6,11,13H,1,7-10H2,2-5H3. The van der Waals surface area contributed by atoms with Gasteiger partial charge in [0, 0.05) is 18.0 Å². The zero-order chi connectivity index (χ0) is 11.0. The molecule has 0 aromatic rings. The fraction of sp³-hybridized carbons (Fsp3) is 0.833. The van der Waals surface area contributed by atoms with E-state index in [4.69, 9.17) is 4.74 Å². The van der Waals surface area contributed by atoms with Crippen molar-refractivity contribution in [2.45, 2.75) is 40.2 Å². The van der Waals surface area contributed by atoms with Crippen LogP contribution in [0.2, 0.25) is 0 Å². The lowest BCUT2D eigenvalue weighted by molar-refractivity contribution is 0.0640. The molecule has 0 aromatic carbocycles. The van der Waals surface area contributed by atoms with Gasteiger partial charge in [0.15, 0.2) is 0 Å². The van der Waals surface area contributed by atoms with E-state index >= 15 is 0 Å². The van der Waals surface area contributed by atoms with Crippen LogP contribution in [0.3, 0.4) is 0 Å². The Kier molecular flexibility index (Phi) is 6.85. The van der Waals surface area contributed by atoms with Crippen LogP contribution in [0.25, 0.3) is 0 Å². The van der Waals surface area contributed by atoms with Crippen molar-refractivity contribution < 1.29 is 4.74 Å². The van der Waals surface area contributed by atoms with Crippen LogP contribution in [0.15, 0.2) is 12.7 Å². The van der Waals surface area contributed by atoms with E-state index in [9.17, 15) is 0 Å². The Bertz CT molecular complexity index is 152. The number of hydrogen-bond acceptors (Lipinski definition) is 2. The maximum atomic E-state index is 5.56. The summed E-state index contributed by atoms with van der Waals surface area (Å²) in [4.78, 5) is 0. The van der Waals surface area contributed by atoms with E-state index in [1.54, 1.807) is 0 Å². The van der Waals surface area contributed by atoms with Gasteiger partial charge in [0.05, 0.1) is 13.2 Å². The van der Waals surface area contributed by atoms with Crippen LogP contribution in [0.5, 0.6) is 0 Å². The molecule has 0 bridgehead atoms. The second-order valence-corrected chi connectivity index (χ2v) is 4.83. The molecule has 0 saturated heterocycles. The summed E-state index contributed by atoms with van der Waals surface area (Å²) >= 11 is 0. The van der Waals surface area contributed by atoms with Gasteiger partial charge in [-0.25, -0.2) is 0 Å². The zero-order valence-corrected chi connectivity index (χ0v) is 10.1. The lowest BCUT2D eigenvalue weighted by Crippen LogP contribution is -2.36. The molecule has 0 amide bonds. The van der Waals surface area contributed by atoms with Gasteiger partial charge in [-0.05, 0) is 6.42 Å². The predicted octanol–water partition coefficient (Wildman–Crippen LogP) is 2.60. The molecule has 1 N–H and O–H groups in total.